The molecular formula is C27H32ClN3O3. The number of carbonyl (C=O) groups excluding carboxylic acids is 1. The molecule has 0 radical (unpaired) electrons. The molecule has 180 valence electrons. The fraction of sp³-hybridized carbons (Fsp3) is 0.407. The average Bonchev–Trinajstić information content (AvgIpc) is 3.14. The first-order chi connectivity index (χ1) is 16.4. The highest BCUT2D eigenvalue weighted by Crippen LogP contribution is 2.24. The van der Waals surface area contributed by atoms with E-state index in [1.165, 1.54) is 5.56 Å². The molecule has 4 rings (SSSR count). The van der Waals surface area contributed by atoms with Crippen molar-refractivity contribution in [3.05, 3.63) is 75.8 Å². The first kappa shape index (κ1) is 24.5. The van der Waals surface area contributed by atoms with Gasteiger partial charge < -0.3 is 4.74 Å². The number of aromatic nitrogens is 2. The number of benzene rings is 2. The van der Waals surface area contributed by atoms with Crippen molar-refractivity contribution in [3.63, 3.8) is 0 Å². The van der Waals surface area contributed by atoms with Crippen LogP contribution in [0.2, 0.25) is 5.02 Å². The van der Waals surface area contributed by atoms with E-state index >= 15 is 0 Å². The maximum atomic E-state index is 13.4. The predicted octanol–water partition coefficient (Wildman–Crippen LogP) is 4.45. The van der Waals surface area contributed by atoms with Gasteiger partial charge in [-0.05, 0) is 42.2 Å². The summed E-state index contributed by atoms with van der Waals surface area (Å²) >= 11 is 6.22. The third kappa shape index (κ3) is 6.06. The summed E-state index contributed by atoms with van der Waals surface area (Å²) < 4.78 is 8.59. The Labute approximate surface area is 205 Å². The minimum Gasteiger partial charge on any atom is -0.379 e. The zero-order chi connectivity index (χ0) is 24.1. The van der Waals surface area contributed by atoms with Crippen LogP contribution in [0, 0.1) is 5.92 Å². The van der Waals surface area contributed by atoms with E-state index < -0.39 is 0 Å². The zero-order valence-corrected chi connectivity index (χ0v) is 20.6. The Morgan fingerprint density at radius 2 is 1.82 bits per heavy atom. The molecule has 0 bridgehead atoms. The molecule has 7 heteroatoms. The lowest BCUT2D eigenvalue weighted by molar-refractivity contribution is -0.120. The van der Waals surface area contributed by atoms with Crippen molar-refractivity contribution in [3.8, 4) is 16.9 Å². The van der Waals surface area contributed by atoms with E-state index in [0.29, 0.717) is 17.1 Å². The largest absolute Gasteiger partial charge is 0.379 e. The van der Waals surface area contributed by atoms with Crippen LogP contribution in [-0.2, 0) is 22.5 Å². The molecule has 0 spiro atoms. The molecule has 34 heavy (non-hydrogen) atoms. The molecule has 0 aliphatic carbocycles. The quantitative estimate of drug-likeness (QED) is 0.453. The number of hydrogen-bond acceptors (Lipinski definition) is 4. The standard InChI is InChI=1S/C27H32ClN3O3/c1-20(2)16-25(32)18-31-26(22-4-3-5-23(28)17-22)19-30(27(31)33)24-8-6-21(7-9-24)10-11-29-12-14-34-15-13-29/h3-9,17,19-20H,10-16,18H2,1-2H3. The van der Waals surface area contributed by atoms with Crippen molar-refractivity contribution in [2.45, 2.75) is 33.2 Å². The lowest BCUT2D eigenvalue weighted by atomic mass is 10.1. The van der Waals surface area contributed by atoms with Crippen molar-refractivity contribution >= 4 is 17.4 Å². The highest BCUT2D eigenvalue weighted by Gasteiger charge is 2.18. The molecular weight excluding hydrogens is 450 g/mol. The lowest BCUT2D eigenvalue weighted by Gasteiger charge is -2.26. The van der Waals surface area contributed by atoms with Gasteiger partial charge in [0.25, 0.3) is 0 Å². The van der Waals surface area contributed by atoms with Crippen LogP contribution >= 0.6 is 11.6 Å². The topological polar surface area (TPSA) is 56.5 Å². The van der Waals surface area contributed by atoms with Crippen molar-refractivity contribution < 1.29 is 9.53 Å². The summed E-state index contributed by atoms with van der Waals surface area (Å²) in [6.07, 6.45) is 3.19. The van der Waals surface area contributed by atoms with Gasteiger partial charge in [-0.15, -0.1) is 0 Å². The first-order valence-electron chi connectivity index (χ1n) is 11.9. The maximum Gasteiger partial charge on any atom is 0.333 e. The smallest absolute Gasteiger partial charge is 0.333 e. The van der Waals surface area contributed by atoms with Gasteiger partial charge in [0, 0.05) is 42.8 Å². The third-order valence-electron chi connectivity index (χ3n) is 6.10. The Morgan fingerprint density at radius 1 is 1.09 bits per heavy atom. The molecule has 1 saturated heterocycles. The normalized spacial score (nSPS) is 14.6. The van der Waals surface area contributed by atoms with E-state index in [1.54, 1.807) is 21.4 Å². The summed E-state index contributed by atoms with van der Waals surface area (Å²) in [5.74, 6) is 0.279. The van der Waals surface area contributed by atoms with Crippen LogP contribution < -0.4 is 5.69 Å². The number of rotatable bonds is 9. The van der Waals surface area contributed by atoms with Crippen molar-refractivity contribution in [2.24, 2.45) is 5.92 Å². The van der Waals surface area contributed by atoms with Gasteiger partial charge in [0.15, 0.2) is 5.78 Å². The summed E-state index contributed by atoms with van der Waals surface area (Å²) in [5.41, 5.74) is 3.26. The molecule has 1 aliphatic rings. The third-order valence-corrected chi connectivity index (χ3v) is 6.34. The summed E-state index contributed by atoms with van der Waals surface area (Å²) in [6.45, 7) is 8.60. The van der Waals surface area contributed by atoms with Gasteiger partial charge in [-0.25, -0.2) is 4.79 Å². The Bertz CT molecular complexity index is 1170. The van der Waals surface area contributed by atoms with Crippen molar-refractivity contribution in [1.82, 2.24) is 14.0 Å². The van der Waals surface area contributed by atoms with E-state index in [0.717, 1.165) is 50.5 Å². The molecule has 2 heterocycles. The number of ketones is 1. The number of imidazole rings is 1. The monoisotopic (exact) mass is 481 g/mol. The van der Waals surface area contributed by atoms with E-state index in [1.807, 2.05) is 44.2 Å². The van der Waals surface area contributed by atoms with Gasteiger partial charge in [0.1, 0.15) is 0 Å². The van der Waals surface area contributed by atoms with Crippen LogP contribution in [0.1, 0.15) is 25.8 Å². The number of ether oxygens (including phenoxy) is 1. The molecule has 0 atom stereocenters. The van der Waals surface area contributed by atoms with Crippen molar-refractivity contribution in [2.75, 3.05) is 32.8 Å². The Morgan fingerprint density at radius 3 is 2.50 bits per heavy atom. The fourth-order valence-electron chi connectivity index (χ4n) is 4.33. The second-order valence-corrected chi connectivity index (χ2v) is 9.71. The van der Waals surface area contributed by atoms with E-state index in [4.69, 9.17) is 16.3 Å². The van der Waals surface area contributed by atoms with Crippen LogP contribution in [0.5, 0.6) is 0 Å². The Kier molecular flexibility index (Phi) is 8.03. The second-order valence-electron chi connectivity index (χ2n) is 9.27. The number of morpholine rings is 1. The number of Topliss-reactive ketones (excluding diaryl/α,β-unsaturated/α-hetero) is 1. The molecule has 0 saturated carbocycles. The summed E-state index contributed by atoms with van der Waals surface area (Å²) in [7, 11) is 0. The van der Waals surface area contributed by atoms with Crippen LogP contribution in [0.3, 0.4) is 0 Å². The molecule has 0 N–H and O–H groups in total. The van der Waals surface area contributed by atoms with Crippen LogP contribution in [0.15, 0.2) is 59.5 Å². The number of nitrogens with zero attached hydrogens (tertiary/aromatic N) is 3. The number of carbonyl (C=O) groups is 1. The van der Waals surface area contributed by atoms with E-state index in [2.05, 4.69) is 17.0 Å². The highest BCUT2D eigenvalue weighted by molar-refractivity contribution is 6.30. The summed E-state index contributed by atoms with van der Waals surface area (Å²) in [4.78, 5) is 28.4. The molecule has 0 unspecified atom stereocenters. The van der Waals surface area contributed by atoms with Crippen LogP contribution in [-0.4, -0.2) is 52.7 Å². The van der Waals surface area contributed by atoms with Crippen LogP contribution in [0.25, 0.3) is 16.9 Å². The summed E-state index contributed by atoms with van der Waals surface area (Å²) in [6, 6.07) is 15.5. The molecule has 1 aliphatic heterocycles. The van der Waals surface area contributed by atoms with Gasteiger partial charge in [0.05, 0.1) is 31.1 Å². The van der Waals surface area contributed by atoms with E-state index in [9.17, 15) is 9.59 Å². The molecule has 1 aromatic heterocycles. The molecule has 0 amide bonds. The number of halogens is 1. The van der Waals surface area contributed by atoms with Gasteiger partial charge in [-0.2, -0.15) is 0 Å². The van der Waals surface area contributed by atoms with Gasteiger partial charge in [-0.1, -0.05) is 49.7 Å². The zero-order valence-electron chi connectivity index (χ0n) is 19.9. The summed E-state index contributed by atoms with van der Waals surface area (Å²) in [5, 5.41) is 0.586. The molecule has 2 aromatic carbocycles. The van der Waals surface area contributed by atoms with Gasteiger partial charge >= 0.3 is 5.69 Å². The maximum absolute atomic E-state index is 13.4. The minimum absolute atomic E-state index is 0.0385. The van der Waals surface area contributed by atoms with Gasteiger partial charge in [-0.3, -0.25) is 18.8 Å². The van der Waals surface area contributed by atoms with Gasteiger partial charge in [0.2, 0.25) is 0 Å². The van der Waals surface area contributed by atoms with Crippen LogP contribution in [0.4, 0.5) is 0 Å². The van der Waals surface area contributed by atoms with E-state index in [-0.39, 0.29) is 23.9 Å². The first-order valence-corrected chi connectivity index (χ1v) is 12.3. The van der Waals surface area contributed by atoms with Crippen molar-refractivity contribution in [1.29, 1.82) is 0 Å². The molecule has 3 aromatic rings. The predicted molar refractivity (Wildman–Crippen MR) is 136 cm³/mol. The number of hydrogen-bond donors (Lipinski definition) is 0. The average molecular weight is 482 g/mol. The molecule has 6 nitrogen and oxygen atoms in total. The molecule has 1 fully saturated rings. The minimum atomic E-state index is -0.229. The lowest BCUT2D eigenvalue weighted by Crippen LogP contribution is -2.37. The fourth-order valence-corrected chi connectivity index (χ4v) is 4.52. The second kappa shape index (κ2) is 11.2. The highest BCUT2D eigenvalue weighted by atomic mass is 35.5. The Hall–Kier alpha value is -2.67. The Balaban J connectivity index is 1.60. The SMILES string of the molecule is CC(C)CC(=O)Cn1c(-c2cccc(Cl)c2)cn(-c2ccc(CCN3CCOCC3)cc2)c1=O.